The summed E-state index contributed by atoms with van der Waals surface area (Å²) in [5.41, 5.74) is 0.571. The van der Waals surface area contributed by atoms with Crippen LogP contribution in [0.3, 0.4) is 0 Å². The number of rotatable bonds is 5. The summed E-state index contributed by atoms with van der Waals surface area (Å²) in [7, 11) is 0. The molecule has 0 fully saturated rings. The van der Waals surface area contributed by atoms with E-state index in [-0.39, 0.29) is 10.7 Å². The number of nitrogens with zero attached hydrogens (tertiary/aromatic N) is 4. The lowest BCUT2D eigenvalue weighted by Crippen LogP contribution is -2.04. The Bertz CT molecular complexity index is 623. The molecule has 0 aromatic carbocycles. The van der Waals surface area contributed by atoms with Crippen molar-refractivity contribution in [2.75, 3.05) is 11.9 Å². The third kappa shape index (κ3) is 3.05. The minimum absolute atomic E-state index is 0.176. The van der Waals surface area contributed by atoms with Crippen LogP contribution in [0.4, 0.5) is 11.6 Å². The number of hydrogen-bond acceptors (Lipinski definition) is 8. The second-order valence-electron chi connectivity index (χ2n) is 3.89. The molecule has 0 saturated heterocycles. The average molecular weight is 295 g/mol. The van der Waals surface area contributed by atoms with Crippen molar-refractivity contribution in [3.63, 3.8) is 0 Å². The van der Waals surface area contributed by atoms with Crippen molar-refractivity contribution < 1.29 is 9.34 Å². The van der Waals surface area contributed by atoms with Crippen LogP contribution in [0.25, 0.3) is 0 Å². The third-order valence-electron chi connectivity index (χ3n) is 2.46. The highest BCUT2D eigenvalue weighted by molar-refractivity contribution is 7.99. The molecule has 8 nitrogen and oxygen atoms in total. The first-order chi connectivity index (χ1) is 9.51. The average Bonchev–Trinajstić information content (AvgIpc) is 2.68. The minimum Gasteiger partial charge on any atom is -0.436 e. The van der Waals surface area contributed by atoms with Crippen LogP contribution in [-0.2, 0) is 0 Å². The van der Waals surface area contributed by atoms with Crippen molar-refractivity contribution in [3.8, 4) is 0 Å². The van der Waals surface area contributed by atoms with E-state index in [1.165, 1.54) is 6.20 Å². The van der Waals surface area contributed by atoms with Gasteiger partial charge in [0.15, 0.2) is 5.03 Å². The Morgan fingerprint density at radius 1 is 1.45 bits per heavy atom. The van der Waals surface area contributed by atoms with E-state index in [9.17, 15) is 10.1 Å². The number of aryl methyl sites for hydroxylation is 2. The van der Waals surface area contributed by atoms with E-state index in [2.05, 4.69) is 20.3 Å². The van der Waals surface area contributed by atoms with E-state index >= 15 is 0 Å². The van der Waals surface area contributed by atoms with Crippen molar-refractivity contribution in [1.82, 2.24) is 15.0 Å². The van der Waals surface area contributed by atoms with E-state index in [0.717, 1.165) is 17.5 Å². The fourth-order valence-electron chi connectivity index (χ4n) is 1.37. The van der Waals surface area contributed by atoms with Gasteiger partial charge in [-0.15, -0.1) is 0 Å². The number of aromatic nitrogens is 3. The molecule has 2 rings (SSSR count). The third-order valence-corrected chi connectivity index (χ3v) is 3.30. The van der Waals surface area contributed by atoms with Crippen LogP contribution in [0.15, 0.2) is 20.9 Å². The van der Waals surface area contributed by atoms with Gasteiger partial charge in [-0.05, 0) is 32.5 Å². The van der Waals surface area contributed by atoms with Crippen LogP contribution in [-0.4, -0.2) is 26.4 Å². The monoisotopic (exact) mass is 295 g/mol. The van der Waals surface area contributed by atoms with Gasteiger partial charge < -0.3 is 9.73 Å². The normalized spacial score (nSPS) is 10.6. The number of nitro groups is 1. The molecule has 0 saturated carbocycles. The maximum Gasteiger partial charge on any atom is 0.320 e. The summed E-state index contributed by atoms with van der Waals surface area (Å²) in [6.07, 6.45) is 1.18. The zero-order chi connectivity index (χ0) is 14.7. The summed E-state index contributed by atoms with van der Waals surface area (Å²) in [5, 5.41) is 14.4. The van der Waals surface area contributed by atoms with Crippen molar-refractivity contribution in [2.45, 2.75) is 31.0 Å². The van der Waals surface area contributed by atoms with E-state index in [0.29, 0.717) is 23.5 Å². The maximum absolute atomic E-state index is 11.0. The smallest absolute Gasteiger partial charge is 0.320 e. The summed E-state index contributed by atoms with van der Waals surface area (Å²) >= 11 is 1.01. The number of hydrogen-bond donors (Lipinski definition) is 1. The van der Waals surface area contributed by atoms with Crippen LogP contribution >= 0.6 is 11.8 Å². The van der Waals surface area contributed by atoms with Gasteiger partial charge in [0.1, 0.15) is 12.0 Å². The summed E-state index contributed by atoms with van der Waals surface area (Å²) in [6, 6.07) is 0. The molecular formula is C11H13N5O3S. The summed E-state index contributed by atoms with van der Waals surface area (Å²) in [6.45, 7) is 6.10. The molecule has 0 aliphatic carbocycles. The van der Waals surface area contributed by atoms with Gasteiger partial charge >= 0.3 is 5.69 Å². The lowest BCUT2D eigenvalue weighted by Gasteiger charge is -2.03. The van der Waals surface area contributed by atoms with Crippen LogP contribution in [0.2, 0.25) is 0 Å². The Morgan fingerprint density at radius 2 is 2.20 bits per heavy atom. The fraction of sp³-hybridized carbons (Fsp3) is 0.364. The van der Waals surface area contributed by atoms with Crippen molar-refractivity contribution in [1.29, 1.82) is 0 Å². The number of oxazole rings is 1. The standard InChI is InChI=1S/C11H13N5O3S/c1-4-12-10-13-5-8(16(17)18)9(15-10)20-11-14-6(2)7(3)19-11/h5H,4H2,1-3H3,(H,12,13,15). The van der Waals surface area contributed by atoms with E-state index in [1.54, 1.807) is 13.8 Å². The van der Waals surface area contributed by atoms with E-state index < -0.39 is 4.92 Å². The van der Waals surface area contributed by atoms with E-state index in [4.69, 9.17) is 4.42 Å². The molecule has 2 heterocycles. The Labute approximate surface area is 119 Å². The van der Waals surface area contributed by atoms with Gasteiger partial charge in [-0.1, -0.05) is 0 Å². The fourth-order valence-corrected chi connectivity index (χ4v) is 2.25. The highest BCUT2D eigenvalue weighted by atomic mass is 32.2. The second kappa shape index (κ2) is 5.87. The van der Waals surface area contributed by atoms with Gasteiger partial charge in [-0.3, -0.25) is 10.1 Å². The number of nitrogens with one attached hydrogen (secondary N) is 1. The zero-order valence-electron chi connectivity index (χ0n) is 11.2. The molecule has 0 spiro atoms. The van der Waals surface area contributed by atoms with Gasteiger partial charge in [-0.2, -0.15) is 4.98 Å². The van der Waals surface area contributed by atoms with Crippen LogP contribution in [0.5, 0.6) is 0 Å². The van der Waals surface area contributed by atoms with Gasteiger partial charge in [0.05, 0.1) is 10.6 Å². The Morgan fingerprint density at radius 3 is 2.75 bits per heavy atom. The van der Waals surface area contributed by atoms with Crippen molar-refractivity contribution in [2.24, 2.45) is 0 Å². The molecule has 0 amide bonds. The predicted octanol–water partition coefficient (Wildman–Crippen LogP) is 2.57. The molecule has 2 aromatic rings. The van der Waals surface area contributed by atoms with Gasteiger partial charge in [0.25, 0.3) is 5.22 Å². The molecule has 106 valence electrons. The van der Waals surface area contributed by atoms with Crippen LogP contribution in [0.1, 0.15) is 18.4 Å². The predicted molar refractivity (Wildman–Crippen MR) is 73.0 cm³/mol. The van der Waals surface area contributed by atoms with Gasteiger partial charge in [0, 0.05) is 6.54 Å². The van der Waals surface area contributed by atoms with Crippen molar-refractivity contribution in [3.05, 3.63) is 27.8 Å². The lowest BCUT2D eigenvalue weighted by atomic mass is 10.4. The first-order valence-corrected chi connectivity index (χ1v) is 6.70. The molecule has 0 radical (unpaired) electrons. The summed E-state index contributed by atoms with van der Waals surface area (Å²) in [4.78, 5) is 22.6. The maximum atomic E-state index is 11.0. The largest absolute Gasteiger partial charge is 0.436 e. The first kappa shape index (κ1) is 14.3. The van der Waals surface area contributed by atoms with E-state index in [1.807, 2.05) is 6.92 Å². The molecule has 0 aliphatic heterocycles. The molecule has 1 N–H and O–H groups in total. The Balaban J connectivity index is 2.36. The molecule has 2 aromatic heterocycles. The topological polar surface area (TPSA) is 107 Å². The summed E-state index contributed by atoms with van der Waals surface area (Å²) < 4.78 is 5.40. The van der Waals surface area contributed by atoms with Gasteiger partial charge in [-0.25, -0.2) is 9.97 Å². The number of anilines is 1. The Hall–Kier alpha value is -2.16. The lowest BCUT2D eigenvalue weighted by molar-refractivity contribution is -0.388. The molecular weight excluding hydrogens is 282 g/mol. The molecule has 20 heavy (non-hydrogen) atoms. The van der Waals surface area contributed by atoms with Crippen LogP contribution < -0.4 is 5.32 Å². The SMILES string of the molecule is CCNc1ncc([N+](=O)[O-])c(Sc2nc(C)c(C)o2)n1. The highest BCUT2D eigenvalue weighted by Gasteiger charge is 2.21. The van der Waals surface area contributed by atoms with Gasteiger partial charge in [0.2, 0.25) is 5.95 Å². The minimum atomic E-state index is -0.527. The molecule has 0 aliphatic rings. The first-order valence-electron chi connectivity index (χ1n) is 5.88. The summed E-state index contributed by atoms with van der Waals surface area (Å²) in [5.74, 6) is 1.01. The zero-order valence-corrected chi connectivity index (χ0v) is 12.0. The molecule has 0 bridgehead atoms. The van der Waals surface area contributed by atoms with Crippen molar-refractivity contribution >= 4 is 23.4 Å². The van der Waals surface area contributed by atoms with Crippen LogP contribution in [0, 0.1) is 24.0 Å². The molecule has 9 heteroatoms. The highest BCUT2D eigenvalue weighted by Crippen LogP contribution is 2.33. The molecule has 0 atom stereocenters. The quantitative estimate of drug-likeness (QED) is 0.509. The molecule has 0 unspecified atom stereocenters. The Kier molecular flexibility index (Phi) is 4.18. The second-order valence-corrected chi connectivity index (χ2v) is 4.83.